The van der Waals surface area contributed by atoms with Crippen molar-refractivity contribution in [3.8, 4) is 0 Å². The van der Waals surface area contributed by atoms with E-state index in [0.29, 0.717) is 6.54 Å². The van der Waals surface area contributed by atoms with Crippen LogP contribution in [-0.2, 0) is 23.5 Å². The zero-order valence-electron chi connectivity index (χ0n) is 17.0. The summed E-state index contributed by atoms with van der Waals surface area (Å²) in [5.41, 5.74) is 2.15. The molecular weight excluding hydrogens is 398 g/mol. The van der Waals surface area contributed by atoms with Gasteiger partial charge < -0.3 is 5.32 Å². The first-order valence-corrected chi connectivity index (χ1v) is 11.4. The van der Waals surface area contributed by atoms with Crippen LogP contribution in [0.15, 0.2) is 65.8 Å². The quantitative estimate of drug-likeness (QED) is 0.425. The number of sulfonamides is 1. The number of benzene rings is 2. The summed E-state index contributed by atoms with van der Waals surface area (Å²) in [5.74, 6) is 0. The fourth-order valence-corrected chi connectivity index (χ4v) is 4.88. The van der Waals surface area contributed by atoms with Gasteiger partial charge in [0.1, 0.15) is 0 Å². The van der Waals surface area contributed by atoms with E-state index in [1.165, 1.54) is 0 Å². The number of fused-ring (bicyclic) bond motifs is 2. The second-order valence-electron chi connectivity index (χ2n) is 7.45. The van der Waals surface area contributed by atoms with Crippen LogP contribution in [0.4, 0.5) is 0 Å². The predicted octanol–water partition coefficient (Wildman–Crippen LogP) is 2.62. The number of nitrogens with zero attached hydrogens (tertiary/aromatic N) is 3. The van der Waals surface area contributed by atoms with E-state index in [0.717, 1.165) is 40.3 Å². The molecule has 0 radical (unpaired) electrons. The smallest absolute Gasteiger partial charge is 0.240 e. The Hall–Kier alpha value is -2.81. The maximum Gasteiger partial charge on any atom is 0.240 e. The number of aryl methyl sites for hydroxylation is 1. The van der Waals surface area contributed by atoms with Gasteiger partial charge in [-0.05, 0) is 36.6 Å². The predicted molar refractivity (Wildman–Crippen MR) is 119 cm³/mol. The van der Waals surface area contributed by atoms with E-state index in [1.807, 2.05) is 30.8 Å². The van der Waals surface area contributed by atoms with Crippen LogP contribution < -0.4 is 10.0 Å². The summed E-state index contributed by atoms with van der Waals surface area (Å²) < 4.78 is 30.1. The van der Waals surface area contributed by atoms with E-state index in [-0.39, 0.29) is 10.9 Å². The number of rotatable bonds is 8. The zero-order valence-corrected chi connectivity index (χ0v) is 17.9. The Balaban J connectivity index is 1.33. The Morgan fingerprint density at radius 2 is 1.93 bits per heavy atom. The van der Waals surface area contributed by atoms with Crippen LogP contribution in [0.2, 0.25) is 0 Å². The van der Waals surface area contributed by atoms with Crippen molar-refractivity contribution in [2.75, 3.05) is 13.1 Å². The summed E-state index contributed by atoms with van der Waals surface area (Å²) in [6.45, 7) is 3.10. The molecule has 2 aromatic heterocycles. The van der Waals surface area contributed by atoms with Crippen molar-refractivity contribution in [3.05, 3.63) is 66.6 Å². The molecule has 0 amide bonds. The molecule has 1 unspecified atom stereocenters. The Morgan fingerprint density at radius 1 is 1.10 bits per heavy atom. The van der Waals surface area contributed by atoms with Gasteiger partial charge >= 0.3 is 0 Å². The lowest BCUT2D eigenvalue weighted by molar-refractivity contribution is 0.536. The lowest BCUT2D eigenvalue weighted by atomic mass is 10.1. The maximum absolute atomic E-state index is 12.7. The molecule has 0 aliphatic carbocycles. The summed E-state index contributed by atoms with van der Waals surface area (Å²) >= 11 is 0. The number of aromatic nitrogens is 3. The number of hydrogen-bond acceptors (Lipinski definition) is 5. The summed E-state index contributed by atoms with van der Waals surface area (Å²) in [6.07, 6.45) is 4.15. The van der Waals surface area contributed by atoms with Gasteiger partial charge in [0.2, 0.25) is 10.0 Å². The lowest BCUT2D eigenvalue weighted by Crippen LogP contribution is -2.40. The second kappa shape index (κ2) is 8.51. The molecule has 0 aliphatic rings. The number of para-hydroxylation sites is 1. The highest BCUT2D eigenvalue weighted by Crippen LogP contribution is 2.19. The largest absolute Gasteiger partial charge is 0.315 e. The van der Waals surface area contributed by atoms with Crippen LogP contribution in [0, 0.1) is 0 Å². The molecule has 0 bridgehead atoms. The topological polar surface area (TPSA) is 88.9 Å². The van der Waals surface area contributed by atoms with Crippen LogP contribution in [0.3, 0.4) is 0 Å². The minimum Gasteiger partial charge on any atom is -0.315 e. The fraction of sp³-hybridized carbons (Fsp3) is 0.273. The standard InChI is InChI=1S/C22H25N5O2S/c1-16(14-23-12-10-21-20-5-3-4-6-22(20)27(2)25-21)26-30(28,29)19-8-7-18-15-24-11-9-17(18)13-19/h3-9,11,13,15-16,23,26H,10,12,14H2,1-2H3. The number of pyridine rings is 1. The van der Waals surface area contributed by atoms with Gasteiger partial charge in [0.05, 0.1) is 16.1 Å². The molecule has 0 spiro atoms. The summed E-state index contributed by atoms with van der Waals surface area (Å²) in [4.78, 5) is 4.31. The second-order valence-corrected chi connectivity index (χ2v) is 9.16. The van der Waals surface area contributed by atoms with E-state index >= 15 is 0 Å². The molecule has 4 rings (SSSR count). The van der Waals surface area contributed by atoms with Crippen LogP contribution >= 0.6 is 0 Å². The third kappa shape index (κ3) is 4.35. The van der Waals surface area contributed by atoms with E-state index in [4.69, 9.17) is 0 Å². The minimum atomic E-state index is -3.59. The van der Waals surface area contributed by atoms with E-state index in [1.54, 1.807) is 36.7 Å². The Morgan fingerprint density at radius 3 is 2.80 bits per heavy atom. The van der Waals surface area contributed by atoms with Gasteiger partial charge in [0, 0.05) is 55.8 Å². The highest BCUT2D eigenvalue weighted by molar-refractivity contribution is 7.89. The van der Waals surface area contributed by atoms with Crippen molar-refractivity contribution >= 4 is 31.7 Å². The van der Waals surface area contributed by atoms with Gasteiger partial charge in [-0.25, -0.2) is 13.1 Å². The molecule has 0 aliphatic heterocycles. The van der Waals surface area contributed by atoms with E-state index in [9.17, 15) is 8.42 Å². The molecule has 0 saturated carbocycles. The fourth-order valence-electron chi connectivity index (χ4n) is 3.60. The van der Waals surface area contributed by atoms with Crippen molar-refractivity contribution in [2.45, 2.75) is 24.3 Å². The Bertz CT molecular complexity index is 1280. The average Bonchev–Trinajstić information content (AvgIpc) is 3.06. The molecule has 2 heterocycles. The Kier molecular flexibility index (Phi) is 5.80. The first-order valence-electron chi connectivity index (χ1n) is 9.91. The third-order valence-corrected chi connectivity index (χ3v) is 6.69. The van der Waals surface area contributed by atoms with Crippen LogP contribution in [-0.4, -0.2) is 42.3 Å². The van der Waals surface area contributed by atoms with Crippen molar-refractivity contribution in [3.63, 3.8) is 0 Å². The summed E-state index contributed by atoms with van der Waals surface area (Å²) in [5, 5.41) is 10.8. The van der Waals surface area contributed by atoms with E-state index in [2.05, 4.69) is 32.3 Å². The monoisotopic (exact) mass is 423 g/mol. The molecule has 1 atom stereocenters. The zero-order chi connectivity index (χ0) is 21.1. The molecular formula is C22H25N5O2S. The average molecular weight is 424 g/mol. The van der Waals surface area contributed by atoms with Gasteiger partial charge in [-0.15, -0.1) is 0 Å². The van der Waals surface area contributed by atoms with Crippen molar-refractivity contribution in [2.24, 2.45) is 7.05 Å². The Labute approximate surface area is 176 Å². The number of hydrogen-bond donors (Lipinski definition) is 2. The molecule has 7 nitrogen and oxygen atoms in total. The van der Waals surface area contributed by atoms with Gasteiger partial charge in [0.25, 0.3) is 0 Å². The summed E-state index contributed by atoms with van der Waals surface area (Å²) in [7, 11) is -1.65. The lowest BCUT2D eigenvalue weighted by Gasteiger charge is -2.15. The highest BCUT2D eigenvalue weighted by atomic mass is 32.2. The van der Waals surface area contributed by atoms with E-state index < -0.39 is 10.0 Å². The first-order chi connectivity index (χ1) is 14.4. The van der Waals surface area contributed by atoms with Gasteiger partial charge in [-0.2, -0.15) is 5.10 Å². The molecule has 156 valence electrons. The van der Waals surface area contributed by atoms with Crippen molar-refractivity contribution in [1.29, 1.82) is 0 Å². The molecule has 8 heteroatoms. The normalized spacial score (nSPS) is 13.1. The van der Waals surface area contributed by atoms with Crippen molar-refractivity contribution in [1.82, 2.24) is 24.8 Å². The number of nitrogens with one attached hydrogen (secondary N) is 2. The molecule has 2 N–H and O–H groups in total. The van der Waals surface area contributed by atoms with Crippen LogP contribution in [0.25, 0.3) is 21.7 Å². The minimum absolute atomic E-state index is 0.247. The molecule has 30 heavy (non-hydrogen) atoms. The van der Waals surface area contributed by atoms with Gasteiger partial charge in [0.15, 0.2) is 0 Å². The molecule has 0 fully saturated rings. The van der Waals surface area contributed by atoms with Gasteiger partial charge in [-0.1, -0.05) is 24.3 Å². The first kappa shape index (κ1) is 20.5. The van der Waals surface area contributed by atoms with Crippen LogP contribution in [0.1, 0.15) is 12.6 Å². The molecule has 4 aromatic rings. The highest BCUT2D eigenvalue weighted by Gasteiger charge is 2.17. The summed E-state index contributed by atoms with van der Waals surface area (Å²) in [6, 6.07) is 14.8. The van der Waals surface area contributed by atoms with Crippen LogP contribution in [0.5, 0.6) is 0 Å². The molecule has 0 saturated heterocycles. The van der Waals surface area contributed by atoms with Gasteiger partial charge in [-0.3, -0.25) is 9.67 Å². The van der Waals surface area contributed by atoms with Crippen molar-refractivity contribution < 1.29 is 8.42 Å². The SMILES string of the molecule is CC(CNCCc1nn(C)c2ccccc12)NS(=O)(=O)c1ccc2cnccc2c1. The maximum atomic E-state index is 12.7. The molecule has 2 aromatic carbocycles. The third-order valence-electron chi connectivity index (χ3n) is 5.10.